The smallest absolute Gasteiger partial charge is 0.312 e. The molecule has 1 aliphatic carbocycles. The zero-order chi connectivity index (χ0) is 16.8. The highest BCUT2D eigenvalue weighted by Gasteiger charge is 2.55. The summed E-state index contributed by atoms with van der Waals surface area (Å²) in [6.07, 6.45) is 1.89. The molecule has 3 rings (SSSR count). The fourth-order valence-corrected chi connectivity index (χ4v) is 2.48. The van der Waals surface area contributed by atoms with E-state index >= 15 is 0 Å². The Morgan fingerprint density at radius 3 is 2.65 bits per heavy atom. The highest BCUT2D eigenvalue weighted by Crippen LogP contribution is 2.43. The Morgan fingerprint density at radius 2 is 2.09 bits per heavy atom. The Balaban J connectivity index is 2.25. The van der Waals surface area contributed by atoms with Crippen LogP contribution in [0.1, 0.15) is 35.7 Å². The molecule has 1 aromatic rings. The van der Waals surface area contributed by atoms with Crippen LogP contribution in [0.3, 0.4) is 0 Å². The zero-order valence-electron chi connectivity index (χ0n) is 12.2. The number of carbonyl (C=O) groups excluding carboxylic acids is 2. The van der Waals surface area contributed by atoms with E-state index in [0.717, 1.165) is 25.0 Å². The van der Waals surface area contributed by atoms with Gasteiger partial charge in [-0.25, -0.2) is 18.0 Å². The third-order valence-electron chi connectivity index (χ3n) is 3.92. The molecule has 2 N–H and O–H groups in total. The number of alkyl halides is 2. The normalized spacial score (nSPS) is 23.0. The molecule has 0 unspecified atom stereocenters. The summed E-state index contributed by atoms with van der Waals surface area (Å²) in [5, 5.41) is 4.46. The van der Waals surface area contributed by atoms with Crippen molar-refractivity contribution in [2.75, 3.05) is 5.32 Å². The molecule has 0 bridgehead atoms. The maximum Gasteiger partial charge on any atom is 0.320 e. The summed E-state index contributed by atoms with van der Waals surface area (Å²) >= 11 is 0. The highest BCUT2D eigenvalue weighted by atomic mass is 19.3. The number of urea groups is 1. The third-order valence-corrected chi connectivity index (χ3v) is 3.92. The number of benzene rings is 1. The van der Waals surface area contributed by atoms with Crippen LogP contribution in [0.15, 0.2) is 12.1 Å². The monoisotopic (exact) mass is 322 g/mol. The minimum Gasteiger partial charge on any atom is -0.312 e. The second kappa shape index (κ2) is 5.01. The summed E-state index contributed by atoms with van der Waals surface area (Å²) in [7, 11) is 0. The first kappa shape index (κ1) is 15.4. The number of amides is 2. The van der Waals surface area contributed by atoms with Crippen molar-refractivity contribution in [1.82, 2.24) is 5.32 Å². The Bertz CT molecular complexity index is 757. The number of anilines is 1. The molecule has 2 aliphatic rings. The molecule has 1 fully saturated rings. The van der Waals surface area contributed by atoms with Crippen LogP contribution < -0.4 is 10.6 Å². The zero-order valence-corrected chi connectivity index (χ0v) is 12.2. The van der Waals surface area contributed by atoms with Crippen LogP contribution in [0, 0.1) is 23.6 Å². The lowest BCUT2D eigenvalue weighted by atomic mass is 9.81. The molecule has 0 radical (unpaired) electrons. The molecule has 0 aromatic heterocycles. The van der Waals surface area contributed by atoms with Gasteiger partial charge in [0, 0.05) is 18.4 Å². The summed E-state index contributed by atoms with van der Waals surface area (Å²) in [5.41, 5.74) is -2.91. The molecular formula is C16H13F3N2O2. The number of hydrogen-bond donors (Lipinski definition) is 2. The largest absolute Gasteiger partial charge is 0.320 e. The van der Waals surface area contributed by atoms with E-state index in [1.54, 1.807) is 0 Å². The molecular weight excluding hydrogens is 309 g/mol. The Morgan fingerprint density at radius 1 is 1.39 bits per heavy atom. The summed E-state index contributed by atoms with van der Waals surface area (Å²) in [4.78, 5) is 22.7. The van der Waals surface area contributed by atoms with E-state index in [0.29, 0.717) is 6.92 Å². The van der Waals surface area contributed by atoms with E-state index in [4.69, 9.17) is 0 Å². The number of carbonyl (C=O) groups is 2. The van der Waals surface area contributed by atoms with Crippen molar-refractivity contribution in [3.8, 4) is 11.8 Å². The van der Waals surface area contributed by atoms with Crippen molar-refractivity contribution in [1.29, 1.82) is 0 Å². The van der Waals surface area contributed by atoms with E-state index in [-0.39, 0.29) is 29.0 Å². The van der Waals surface area contributed by atoms with Gasteiger partial charge in [0.25, 0.3) is 5.92 Å². The summed E-state index contributed by atoms with van der Waals surface area (Å²) in [5.74, 6) is 0.790. The van der Waals surface area contributed by atoms with Crippen LogP contribution in [-0.2, 0) is 5.54 Å². The van der Waals surface area contributed by atoms with Crippen molar-refractivity contribution in [3.63, 3.8) is 0 Å². The number of nitrogens with one attached hydrogen (secondary N) is 2. The van der Waals surface area contributed by atoms with Gasteiger partial charge in [-0.3, -0.25) is 4.79 Å². The number of aldehydes is 1. The highest BCUT2D eigenvalue weighted by molar-refractivity contribution is 5.96. The van der Waals surface area contributed by atoms with Gasteiger partial charge in [-0.15, -0.1) is 0 Å². The maximum absolute atomic E-state index is 14.4. The maximum atomic E-state index is 14.4. The summed E-state index contributed by atoms with van der Waals surface area (Å²) in [6.45, 7) is 0.621. The van der Waals surface area contributed by atoms with Gasteiger partial charge in [0.05, 0.1) is 11.3 Å². The van der Waals surface area contributed by atoms with Crippen LogP contribution >= 0.6 is 0 Å². The molecule has 0 spiro atoms. The molecule has 1 saturated carbocycles. The molecule has 1 heterocycles. The Kier molecular flexibility index (Phi) is 3.36. The molecule has 23 heavy (non-hydrogen) atoms. The van der Waals surface area contributed by atoms with Crippen LogP contribution in [0.25, 0.3) is 0 Å². The van der Waals surface area contributed by atoms with E-state index in [1.807, 2.05) is 0 Å². The van der Waals surface area contributed by atoms with E-state index in [9.17, 15) is 22.8 Å². The first-order valence-electron chi connectivity index (χ1n) is 7.06. The van der Waals surface area contributed by atoms with Crippen LogP contribution in [0.2, 0.25) is 0 Å². The van der Waals surface area contributed by atoms with E-state index in [1.165, 1.54) is 0 Å². The van der Waals surface area contributed by atoms with E-state index in [2.05, 4.69) is 22.5 Å². The van der Waals surface area contributed by atoms with Gasteiger partial charge in [0.1, 0.15) is 5.82 Å². The fraction of sp³-hybridized carbons (Fsp3) is 0.375. The molecule has 7 heteroatoms. The first-order chi connectivity index (χ1) is 10.8. The van der Waals surface area contributed by atoms with Crippen molar-refractivity contribution in [2.45, 2.75) is 31.2 Å². The lowest BCUT2D eigenvalue weighted by Gasteiger charge is -2.39. The molecule has 4 nitrogen and oxygen atoms in total. The molecule has 2 amide bonds. The minimum atomic E-state index is -3.46. The number of rotatable bonds is 2. The van der Waals surface area contributed by atoms with Crippen molar-refractivity contribution in [2.24, 2.45) is 5.92 Å². The Hall–Kier alpha value is -2.49. The lowest BCUT2D eigenvalue weighted by Crippen LogP contribution is -2.59. The standard InChI is InChI=1S/C16H13F3N2O2/c1-15(18,19)16(5-4-9-2-3-9)11-7-12(17)10(8-22)6-13(11)20-14(23)21-16/h6-9H,2-3H2,1H3,(H2,20,21,23)/t16-/m0/s1. The SMILES string of the molecule is CC(F)(F)[C@@]1(C#CC2CC2)NC(=O)Nc2cc(C=O)c(F)cc21. The molecule has 1 atom stereocenters. The summed E-state index contributed by atoms with van der Waals surface area (Å²) in [6, 6.07) is 0.979. The van der Waals surface area contributed by atoms with Crippen LogP contribution in [0.5, 0.6) is 0 Å². The van der Waals surface area contributed by atoms with E-state index < -0.39 is 23.3 Å². The second-order valence-corrected chi connectivity index (χ2v) is 5.80. The van der Waals surface area contributed by atoms with Gasteiger partial charge in [-0.1, -0.05) is 11.8 Å². The fourth-order valence-electron chi connectivity index (χ4n) is 2.48. The third kappa shape index (κ3) is 2.54. The van der Waals surface area contributed by atoms with Crippen LogP contribution in [-0.4, -0.2) is 18.2 Å². The van der Waals surface area contributed by atoms with Gasteiger partial charge in [-0.05, 0) is 25.0 Å². The van der Waals surface area contributed by atoms with Gasteiger partial charge >= 0.3 is 6.03 Å². The predicted octanol–water partition coefficient (Wildman–Crippen LogP) is 3.04. The van der Waals surface area contributed by atoms with Gasteiger partial charge in [0.2, 0.25) is 0 Å². The average molecular weight is 322 g/mol. The molecule has 120 valence electrons. The van der Waals surface area contributed by atoms with Crippen molar-refractivity contribution < 1.29 is 22.8 Å². The van der Waals surface area contributed by atoms with Crippen LogP contribution in [0.4, 0.5) is 23.7 Å². The Labute approximate surface area is 130 Å². The minimum absolute atomic E-state index is 0.0172. The van der Waals surface area contributed by atoms with Gasteiger partial charge in [0.15, 0.2) is 11.8 Å². The predicted molar refractivity (Wildman–Crippen MR) is 76.7 cm³/mol. The molecule has 1 aliphatic heterocycles. The quantitative estimate of drug-likeness (QED) is 0.649. The van der Waals surface area contributed by atoms with Gasteiger partial charge < -0.3 is 10.6 Å². The number of hydrogen-bond acceptors (Lipinski definition) is 2. The molecule has 1 aromatic carbocycles. The van der Waals surface area contributed by atoms with Gasteiger partial charge in [-0.2, -0.15) is 0 Å². The molecule has 0 saturated heterocycles. The first-order valence-corrected chi connectivity index (χ1v) is 7.06. The van der Waals surface area contributed by atoms with Crippen molar-refractivity contribution >= 4 is 18.0 Å². The lowest BCUT2D eigenvalue weighted by molar-refractivity contribution is -0.0465. The number of fused-ring (bicyclic) bond motifs is 1. The summed E-state index contributed by atoms with van der Waals surface area (Å²) < 4.78 is 42.7. The topological polar surface area (TPSA) is 58.2 Å². The average Bonchev–Trinajstić information content (AvgIpc) is 3.27. The van der Waals surface area contributed by atoms with Crippen molar-refractivity contribution in [3.05, 3.63) is 29.1 Å². The number of halogens is 3. The second-order valence-electron chi connectivity index (χ2n) is 5.80.